The van der Waals surface area contributed by atoms with E-state index >= 15 is 0 Å². The molecule has 2 fully saturated rings. The monoisotopic (exact) mass is 196 g/mol. The summed E-state index contributed by atoms with van der Waals surface area (Å²) in [5, 5.41) is 3.60. The lowest BCUT2D eigenvalue weighted by Crippen LogP contribution is -2.62. The summed E-state index contributed by atoms with van der Waals surface area (Å²) in [4.78, 5) is 2.66. The topological polar surface area (TPSA) is 15.3 Å². The summed E-state index contributed by atoms with van der Waals surface area (Å²) >= 11 is 0. The van der Waals surface area contributed by atoms with Gasteiger partial charge in [0, 0.05) is 32.2 Å². The van der Waals surface area contributed by atoms with E-state index in [0.29, 0.717) is 16.9 Å². The fraction of sp³-hybridized carbons (Fsp3) is 1.00. The van der Waals surface area contributed by atoms with Gasteiger partial charge in [-0.1, -0.05) is 13.8 Å². The molecule has 82 valence electrons. The van der Waals surface area contributed by atoms with Crippen molar-refractivity contribution >= 4 is 0 Å². The smallest absolute Gasteiger partial charge is 0.00507 e. The minimum atomic E-state index is 0.509. The number of nitrogens with one attached hydrogen (secondary N) is 1. The molecule has 0 saturated carbocycles. The van der Waals surface area contributed by atoms with Gasteiger partial charge in [0.25, 0.3) is 0 Å². The van der Waals surface area contributed by atoms with Crippen molar-refractivity contribution in [2.45, 2.75) is 40.2 Å². The highest BCUT2D eigenvalue weighted by atomic mass is 15.2. The van der Waals surface area contributed by atoms with E-state index in [9.17, 15) is 0 Å². The summed E-state index contributed by atoms with van der Waals surface area (Å²) in [6.07, 6.45) is 1.40. The minimum Gasteiger partial charge on any atom is -0.316 e. The van der Waals surface area contributed by atoms with Gasteiger partial charge < -0.3 is 5.32 Å². The molecule has 2 atom stereocenters. The van der Waals surface area contributed by atoms with Crippen molar-refractivity contribution in [1.82, 2.24) is 10.2 Å². The van der Waals surface area contributed by atoms with Gasteiger partial charge >= 0.3 is 0 Å². The van der Waals surface area contributed by atoms with Crippen LogP contribution in [0.25, 0.3) is 0 Å². The first-order valence-electron chi connectivity index (χ1n) is 5.87. The van der Waals surface area contributed by atoms with Crippen LogP contribution in [0.15, 0.2) is 0 Å². The molecule has 0 aliphatic carbocycles. The molecule has 2 saturated heterocycles. The summed E-state index contributed by atoms with van der Waals surface area (Å²) < 4.78 is 0. The van der Waals surface area contributed by atoms with Gasteiger partial charge in [0.15, 0.2) is 0 Å². The molecule has 0 unspecified atom stereocenters. The van der Waals surface area contributed by atoms with Gasteiger partial charge in [-0.15, -0.1) is 0 Å². The van der Waals surface area contributed by atoms with Crippen LogP contribution >= 0.6 is 0 Å². The molecule has 2 heterocycles. The summed E-state index contributed by atoms with van der Waals surface area (Å²) in [5.41, 5.74) is 1.02. The first-order chi connectivity index (χ1) is 6.43. The Morgan fingerprint density at radius 2 is 1.57 bits per heavy atom. The maximum Gasteiger partial charge on any atom is 0.00507 e. The van der Waals surface area contributed by atoms with Crippen molar-refractivity contribution in [2.24, 2.45) is 10.8 Å². The van der Waals surface area contributed by atoms with Crippen LogP contribution in [-0.2, 0) is 0 Å². The molecule has 0 aromatic carbocycles. The summed E-state index contributed by atoms with van der Waals surface area (Å²) in [6, 6.07) is 0.701. The SMILES string of the molecule is CC(C)N1C[C@@]2(C)CNC[C@](C)(C1)C2. The molecule has 0 aromatic heterocycles. The number of fused-ring (bicyclic) bond motifs is 2. The number of hydrogen-bond acceptors (Lipinski definition) is 2. The van der Waals surface area contributed by atoms with Crippen molar-refractivity contribution in [3.8, 4) is 0 Å². The zero-order chi connectivity index (χ0) is 10.4. The Morgan fingerprint density at radius 3 is 2.00 bits per heavy atom. The van der Waals surface area contributed by atoms with Crippen LogP contribution in [0.2, 0.25) is 0 Å². The maximum atomic E-state index is 3.60. The van der Waals surface area contributed by atoms with Gasteiger partial charge in [0.1, 0.15) is 0 Å². The van der Waals surface area contributed by atoms with Crippen LogP contribution in [0.5, 0.6) is 0 Å². The molecule has 2 aliphatic heterocycles. The lowest BCUT2D eigenvalue weighted by atomic mass is 9.66. The fourth-order valence-corrected chi connectivity index (χ4v) is 3.45. The third-order valence-corrected chi connectivity index (χ3v) is 3.86. The molecule has 1 N–H and O–H groups in total. The van der Waals surface area contributed by atoms with E-state index in [-0.39, 0.29) is 0 Å². The Kier molecular flexibility index (Phi) is 2.39. The van der Waals surface area contributed by atoms with Crippen LogP contribution in [0.3, 0.4) is 0 Å². The molecule has 2 rings (SSSR count). The van der Waals surface area contributed by atoms with Crippen LogP contribution in [-0.4, -0.2) is 37.1 Å². The molecule has 2 nitrogen and oxygen atoms in total. The van der Waals surface area contributed by atoms with Crippen molar-refractivity contribution in [2.75, 3.05) is 26.2 Å². The van der Waals surface area contributed by atoms with Gasteiger partial charge in [0.2, 0.25) is 0 Å². The highest BCUT2D eigenvalue weighted by molar-refractivity contribution is 5.00. The van der Waals surface area contributed by atoms with Gasteiger partial charge in [0.05, 0.1) is 0 Å². The van der Waals surface area contributed by atoms with E-state index < -0.39 is 0 Å². The third kappa shape index (κ3) is 1.82. The zero-order valence-corrected chi connectivity index (χ0v) is 10.1. The molecule has 2 aliphatic rings. The number of rotatable bonds is 1. The normalized spacial score (nSPS) is 44.4. The van der Waals surface area contributed by atoms with Crippen molar-refractivity contribution < 1.29 is 0 Å². The Morgan fingerprint density at radius 1 is 1.07 bits per heavy atom. The van der Waals surface area contributed by atoms with Gasteiger partial charge in [-0.25, -0.2) is 0 Å². The van der Waals surface area contributed by atoms with Crippen molar-refractivity contribution in [3.05, 3.63) is 0 Å². The Balaban J connectivity index is 2.16. The summed E-state index contributed by atoms with van der Waals surface area (Å²) in [6.45, 7) is 14.5. The number of piperidine rings is 2. The van der Waals surface area contributed by atoms with Crippen LogP contribution in [0.1, 0.15) is 34.1 Å². The molecule has 0 aromatic rings. The number of likely N-dealkylation sites (tertiary alicyclic amines) is 1. The van der Waals surface area contributed by atoms with Gasteiger partial charge in [-0.05, 0) is 31.1 Å². The second-order valence-corrected chi connectivity index (χ2v) is 6.40. The maximum absolute atomic E-state index is 3.60. The van der Waals surface area contributed by atoms with E-state index in [1.807, 2.05) is 0 Å². The van der Waals surface area contributed by atoms with Crippen LogP contribution in [0.4, 0.5) is 0 Å². The van der Waals surface area contributed by atoms with E-state index in [4.69, 9.17) is 0 Å². The Bertz CT molecular complexity index is 208. The molecule has 0 radical (unpaired) electrons. The molecule has 0 amide bonds. The Hall–Kier alpha value is -0.0800. The quantitative estimate of drug-likeness (QED) is 0.687. The minimum absolute atomic E-state index is 0.509. The third-order valence-electron chi connectivity index (χ3n) is 3.86. The van der Waals surface area contributed by atoms with Crippen LogP contribution < -0.4 is 5.32 Å². The second kappa shape index (κ2) is 3.21. The molecule has 2 bridgehead atoms. The first-order valence-corrected chi connectivity index (χ1v) is 5.87. The lowest BCUT2D eigenvalue weighted by molar-refractivity contribution is -0.0332. The van der Waals surface area contributed by atoms with Crippen molar-refractivity contribution in [1.29, 1.82) is 0 Å². The van der Waals surface area contributed by atoms with E-state index in [0.717, 1.165) is 0 Å². The molecule has 2 heteroatoms. The van der Waals surface area contributed by atoms with Crippen molar-refractivity contribution in [3.63, 3.8) is 0 Å². The predicted molar refractivity (Wildman–Crippen MR) is 60.4 cm³/mol. The lowest BCUT2D eigenvalue weighted by Gasteiger charge is -2.55. The number of hydrogen-bond donors (Lipinski definition) is 1. The molecular weight excluding hydrogens is 172 g/mol. The van der Waals surface area contributed by atoms with E-state index in [1.165, 1.54) is 32.6 Å². The first kappa shape index (κ1) is 10.4. The zero-order valence-electron chi connectivity index (χ0n) is 10.1. The summed E-state index contributed by atoms with van der Waals surface area (Å²) in [7, 11) is 0. The number of nitrogens with zero attached hydrogens (tertiary/aromatic N) is 1. The van der Waals surface area contributed by atoms with E-state index in [2.05, 4.69) is 37.9 Å². The molecule has 0 spiro atoms. The highest BCUT2D eigenvalue weighted by Crippen LogP contribution is 2.42. The average molecular weight is 196 g/mol. The predicted octanol–water partition coefficient (Wildman–Crippen LogP) is 1.72. The average Bonchev–Trinajstić information content (AvgIpc) is 1.99. The highest BCUT2D eigenvalue weighted by Gasteiger charge is 2.45. The van der Waals surface area contributed by atoms with Gasteiger partial charge in [-0.2, -0.15) is 0 Å². The summed E-state index contributed by atoms with van der Waals surface area (Å²) in [5.74, 6) is 0. The fourth-order valence-electron chi connectivity index (χ4n) is 3.45. The standard InChI is InChI=1S/C12H24N2/c1-10(2)14-8-11(3)5-12(4,9-14)7-13-6-11/h10,13H,5-9H2,1-4H3/t11-,12-/m1/s1. The largest absolute Gasteiger partial charge is 0.316 e. The van der Waals surface area contributed by atoms with Crippen LogP contribution in [0, 0.1) is 10.8 Å². The van der Waals surface area contributed by atoms with E-state index in [1.54, 1.807) is 0 Å². The second-order valence-electron chi connectivity index (χ2n) is 6.40. The van der Waals surface area contributed by atoms with Gasteiger partial charge in [-0.3, -0.25) is 4.90 Å². The molecular formula is C12H24N2. The molecule has 14 heavy (non-hydrogen) atoms. The Labute approximate surface area is 88.1 Å².